The molecule has 3 aromatic rings. The van der Waals surface area contributed by atoms with Crippen molar-refractivity contribution in [3.63, 3.8) is 0 Å². The molecule has 2 fully saturated rings. The number of halogens is 2. The van der Waals surface area contributed by atoms with Crippen LogP contribution in [-0.2, 0) is 29.5 Å². The molecule has 0 saturated heterocycles. The maximum Gasteiger partial charge on any atom is 0.274 e. The Morgan fingerprint density at radius 1 is 1.22 bits per heavy atom. The van der Waals surface area contributed by atoms with Crippen molar-refractivity contribution >= 4 is 33.0 Å². The lowest BCUT2D eigenvalue weighted by molar-refractivity contribution is 0.0263. The van der Waals surface area contributed by atoms with Crippen LogP contribution in [0.5, 0.6) is 0 Å². The first-order valence-electron chi connectivity index (χ1n) is 13.4. The minimum atomic E-state index is -3.38. The zero-order chi connectivity index (χ0) is 29.9. The van der Waals surface area contributed by atoms with Gasteiger partial charge in [-0.05, 0) is 81.6 Å². The number of imidazole rings is 1. The van der Waals surface area contributed by atoms with Gasteiger partial charge in [0.2, 0.25) is 0 Å². The summed E-state index contributed by atoms with van der Waals surface area (Å²) in [5.74, 6) is 5.27. The Kier molecular flexibility index (Phi) is 7.33. The molecule has 9 nitrogen and oxygen atoms in total. The zero-order valence-corrected chi connectivity index (χ0v) is 25.1. The fraction of sp³-hybridized carbons (Fsp3) is 0.483. The summed E-state index contributed by atoms with van der Waals surface area (Å²) >= 11 is 5.87. The lowest BCUT2D eigenvalue weighted by Crippen LogP contribution is -2.28. The van der Waals surface area contributed by atoms with Crippen molar-refractivity contribution in [1.29, 1.82) is 0 Å². The molecule has 2 atom stereocenters. The molecule has 2 aromatic heterocycles. The Labute approximate surface area is 244 Å². The van der Waals surface area contributed by atoms with Gasteiger partial charge in [-0.25, -0.2) is 17.8 Å². The summed E-state index contributed by atoms with van der Waals surface area (Å²) in [5, 5.41) is 18.8. The zero-order valence-electron chi connectivity index (χ0n) is 23.6. The summed E-state index contributed by atoms with van der Waals surface area (Å²) in [7, 11) is 0.139. The van der Waals surface area contributed by atoms with Crippen LogP contribution in [0.1, 0.15) is 73.0 Å². The normalized spacial score (nSPS) is 24.1. The molecule has 1 amide bonds. The highest BCUT2D eigenvalue weighted by Crippen LogP contribution is 2.56. The third kappa shape index (κ3) is 5.53. The van der Waals surface area contributed by atoms with Gasteiger partial charge in [-0.2, -0.15) is 5.10 Å². The summed E-state index contributed by atoms with van der Waals surface area (Å²) in [6.45, 7) is 3.10. The van der Waals surface area contributed by atoms with Gasteiger partial charge < -0.3 is 15.0 Å². The van der Waals surface area contributed by atoms with Crippen molar-refractivity contribution in [2.45, 2.75) is 55.8 Å². The molecular formula is C29H33ClFN5O4S. The highest BCUT2D eigenvalue weighted by molar-refractivity contribution is 7.92. The van der Waals surface area contributed by atoms with E-state index in [1.807, 2.05) is 0 Å². The van der Waals surface area contributed by atoms with Crippen molar-refractivity contribution < 1.29 is 22.7 Å². The Balaban J connectivity index is 1.30. The first-order valence-corrected chi connectivity index (χ1v) is 15.6. The Morgan fingerprint density at radius 3 is 2.49 bits per heavy atom. The molecule has 0 aliphatic heterocycles. The molecule has 2 N–H and O–H groups in total. The van der Waals surface area contributed by atoms with E-state index >= 15 is 0 Å². The third-order valence-corrected chi connectivity index (χ3v) is 10.8. The molecule has 12 heteroatoms. The molecule has 0 radical (unpaired) electrons. The van der Waals surface area contributed by atoms with E-state index in [1.54, 1.807) is 49.6 Å². The molecule has 2 unspecified atom stereocenters. The smallest absolute Gasteiger partial charge is 0.274 e. The number of amides is 1. The van der Waals surface area contributed by atoms with Crippen molar-refractivity contribution in [3.05, 3.63) is 64.2 Å². The monoisotopic (exact) mass is 601 g/mol. The van der Waals surface area contributed by atoms with Crippen molar-refractivity contribution in [2.24, 2.45) is 25.9 Å². The van der Waals surface area contributed by atoms with Gasteiger partial charge in [0.25, 0.3) is 5.91 Å². The third-order valence-electron chi connectivity index (χ3n) is 8.56. The number of anilines is 1. The second-order valence-corrected chi connectivity index (χ2v) is 14.8. The topological polar surface area (TPSA) is 119 Å². The number of aliphatic hydroxyl groups is 1. The number of carbonyl (C=O) groups excluding carboxylic acids is 1. The summed E-state index contributed by atoms with van der Waals surface area (Å²) in [6, 6.07) is 5.77. The number of nitrogens with zero attached hydrogens (tertiary/aromatic N) is 4. The van der Waals surface area contributed by atoms with Crippen LogP contribution in [0, 0.1) is 29.5 Å². The molecule has 5 rings (SSSR count). The number of benzene rings is 1. The van der Waals surface area contributed by atoms with Gasteiger partial charge in [0.15, 0.2) is 9.84 Å². The molecule has 0 bridgehead atoms. The average molecular weight is 602 g/mol. The maximum atomic E-state index is 13.5. The fourth-order valence-corrected chi connectivity index (χ4v) is 6.57. The molecule has 2 saturated carbocycles. The van der Waals surface area contributed by atoms with Gasteiger partial charge in [-0.3, -0.25) is 9.48 Å². The highest BCUT2D eigenvalue weighted by atomic mass is 35.5. The Hall–Kier alpha value is -3.20. The number of hydrogen-bond donors (Lipinski definition) is 2. The van der Waals surface area contributed by atoms with E-state index in [2.05, 4.69) is 27.2 Å². The minimum absolute atomic E-state index is 0.0551. The van der Waals surface area contributed by atoms with Crippen molar-refractivity contribution in [3.8, 4) is 11.8 Å². The molecule has 2 heterocycles. The van der Waals surface area contributed by atoms with Gasteiger partial charge >= 0.3 is 0 Å². The number of sulfone groups is 1. The standard InChI is InChI=1S/C29H33ClFN5O4S/c1-28(2,41(5,39)40)9-8-21-13-24(36(4)34-21)29(38)14-18-10-17(11-19(18)15-29)25-26(35(3)16-32-25)27(37)33-20-6-7-23(31)22(30)12-20/h6-7,12-13,16-19,38H,10-11,14-15H2,1-5H3,(H,33,37). The second-order valence-electron chi connectivity index (χ2n) is 11.9. The van der Waals surface area contributed by atoms with Crippen LogP contribution in [0.25, 0.3) is 0 Å². The van der Waals surface area contributed by atoms with Crippen molar-refractivity contribution in [2.75, 3.05) is 11.6 Å². The Bertz CT molecular complexity index is 1690. The number of rotatable bonds is 5. The average Bonchev–Trinajstić information content (AvgIpc) is 3.61. The van der Waals surface area contributed by atoms with E-state index in [1.165, 1.54) is 18.2 Å². The first-order chi connectivity index (χ1) is 19.1. The number of aryl methyl sites for hydroxylation is 2. The number of aromatic nitrogens is 4. The fourth-order valence-electron chi connectivity index (χ4n) is 6.15. The quantitative estimate of drug-likeness (QED) is 0.424. The van der Waals surface area contributed by atoms with Crippen molar-refractivity contribution in [1.82, 2.24) is 19.3 Å². The lowest BCUT2D eigenvalue weighted by Gasteiger charge is -2.25. The van der Waals surface area contributed by atoms with Gasteiger partial charge in [0, 0.05) is 32.0 Å². The second kappa shape index (κ2) is 10.3. The van der Waals surface area contributed by atoms with E-state index in [9.17, 15) is 22.7 Å². The van der Waals surface area contributed by atoms with E-state index in [0.29, 0.717) is 41.3 Å². The predicted molar refractivity (Wildman–Crippen MR) is 154 cm³/mol. The van der Waals surface area contributed by atoms with E-state index in [-0.39, 0.29) is 28.7 Å². The van der Waals surface area contributed by atoms with Gasteiger partial charge in [0.1, 0.15) is 27.6 Å². The molecular weight excluding hydrogens is 569 g/mol. The molecule has 218 valence electrons. The first kappa shape index (κ1) is 29.3. The SMILES string of the molecule is Cn1cnc(C2CC3CC(O)(c4cc(C#CC(C)(C)S(C)(=O)=O)nn4C)CC3C2)c1C(=O)Nc1ccc(F)c(Cl)c1. The molecule has 1 aromatic carbocycles. The number of nitrogens with one attached hydrogen (secondary N) is 1. The number of carbonyl (C=O) groups is 1. The van der Waals surface area contributed by atoms with Crippen LogP contribution in [-0.4, -0.2) is 49.8 Å². The van der Waals surface area contributed by atoms with Gasteiger partial charge in [-0.15, -0.1) is 0 Å². The van der Waals surface area contributed by atoms with Crippen LogP contribution in [0.15, 0.2) is 30.6 Å². The maximum absolute atomic E-state index is 13.5. The van der Waals surface area contributed by atoms with Crippen LogP contribution >= 0.6 is 11.6 Å². The van der Waals surface area contributed by atoms with Crippen LogP contribution in [0.4, 0.5) is 10.1 Å². The molecule has 0 spiro atoms. The van der Waals surface area contributed by atoms with Crippen LogP contribution in [0.3, 0.4) is 0 Å². The summed E-state index contributed by atoms with van der Waals surface area (Å²) < 4.78 is 39.6. The number of hydrogen-bond acceptors (Lipinski definition) is 6. The van der Waals surface area contributed by atoms with E-state index in [0.717, 1.165) is 19.1 Å². The predicted octanol–water partition coefficient (Wildman–Crippen LogP) is 4.16. The molecule has 41 heavy (non-hydrogen) atoms. The number of fused-ring (bicyclic) bond motifs is 1. The molecule has 2 aliphatic rings. The minimum Gasteiger partial charge on any atom is -0.384 e. The van der Waals surface area contributed by atoms with Crippen LogP contribution in [0.2, 0.25) is 5.02 Å². The van der Waals surface area contributed by atoms with Gasteiger partial charge in [0.05, 0.1) is 22.7 Å². The van der Waals surface area contributed by atoms with E-state index < -0.39 is 26.0 Å². The largest absolute Gasteiger partial charge is 0.384 e. The highest BCUT2D eigenvalue weighted by Gasteiger charge is 2.51. The summed E-state index contributed by atoms with van der Waals surface area (Å²) in [4.78, 5) is 17.8. The van der Waals surface area contributed by atoms with Crippen LogP contribution < -0.4 is 5.32 Å². The molecule has 2 aliphatic carbocycles. The lowest BCUT2D eigenvalue weighted by atomic mass is 9.90. The van der Waals surface area contributed by atoms with E-state index in [4.69, 9.17) is 11.6 Å². The van der Waals surface area contributed by atoms with Gasteiger partial charge in [-0.1, -0.05) is 17.5 Å². The Morgan fingerprint density at radius 2 is 1.88 bits per heavy atom. The summed E-state index contributed by atoms with van der Waals surface area (Å²) in [6.07, 6.45) is 5.41. The summed E-state index contributed by atoms with van der Waals surface area (Å²) in [5.41, 5.74) is 1.53.